The molecule has 2 aromatic rings. The lowest BCUT2D eigenvalue weighted by Gasteiger charge is -2.18. The first kappa shape index (κ1) is 15.6. The lowest BCUT2D eigenvalue weighted by atomic mass is 10.2. The van der Waals surface area contributed by atoms with E-state index in [2.05, 4.69) is 10.2 Å². The molecular formula is C13H15N3O3S2. The third kappa shape index (κ3) is 4.62. The molecule has 0 fully saturated rings. The fraction of sp³-hybridized carbons (Fsp3) is 0.308. The van der Waals surface area contributed by atoms with Crippen LogP contribution in [0.1, 0.15) is 5.56 Å². The molecule has 1 heterocycles. The summed E-state index contributed by atoms with van der Waals surface area (Å²) in [4.78, 5) is 13.6. The Morgan fingerprint density at radius 2 is 2.19 bits per heavy atom. The lowest BCUT2D eigenvalue weighted by Crippen LogP contribution is -2.34. The summed E-state index contributed by atoms with van der Waals surface area (Å²) in [6.07, 6.45) is -0.478. The van der Waals surface area contributed by atoms with Crippen molar-refractivity contribution in [3.8, 4) is 0 Å². The number of hydrogen-bond acceptors (Lipinski definition) is 6. The summed E-state index contributed by atoms with van der Waals surface area (Å²) in [6.45, 7) is 0.937. The zero-order chi connectivity index (χ0) is 15.1. The molecule has 2 rings (SSSR count). The van der Waals surface area contributed by atoms with Gasteiger partial charge in [0, 0.05) is 7.11 Å². The van der Waals surface area contributed by atoms with Crippen molar-refractivity contribution in [3.63, 3.8) is 0 Å². The number of carbonyl (C=O) groups excluding carboxylic acids is 1. The van der Waals surface area contributed by atoms with Crippen molar-refractivity contribution in [2.45, 2.75) is 6.61 Å². The number of nitrogens with one attached hydrogen (secondary N) is 1. The van der Waals surface area contributed by atoms with Gasteiger partial charge in [-0.15, -0.1) is 5.10 Å². The molecule has 0 atom stereocenters. The minimum atomic E-state index is -0.478. The SMILES string of the molecule is COCCN(C(=O)OCc1ccccc1)c1n[nH]c(=S)s1. The summed E-state index contributed by atoms with van der Waals surface area (Å²) in [5.41, 5.74) is 0.923. The van der Waals surface area contributed by atoms with Crippen LogP contribution in [0.15, 0.2) is 30.3 Å². The van der Waals surface area contributed by atoms with E-state index in [9.17, 15) is 4.79 Å². The second-order valence-corrected chi connectivity index (χ2v) is 5.72. The molecule has 1 aromatic carbocycles. The number of carbonyl (C=O) groups is 1. The predicted octanol–water partition coefficient (Wildman–Crippen LogP) is 2.99. The zero-order valence-corrected chi connectivity index (χ0v) is 13.1. The maximum atomic E-state index is 12.2. The maximum Gasteiger partial charge on any atom is 0.416 e. The second kappa shape index (κ2) is 7.87. The Balaban J connectivity index is 2.02. The van der Waals surface area contributed by atoms with E-state index in [1.54, 1.807) is 7.11 Å². The average molecular weight is 325 g/mol. The molecule has 1 N–H and O–H groups in total. The van der Waals surface area contributed by atoms with Gasteiger partial charge in [-0.05, 0) is 17.8 Å². The zero-order valence-electron chi connectivity index (χ0n) is 11.4. The van der Waals surface area contributed by atoms with Crippen molar-refractivity contribution in [3.05, 3.63) is 39.8 Å². The molecule has 0 aliphatic heterocycles. The summed E-state index contributed by atoms with van der Waals surface area (Å²) in [7, 11) is 1.57. The topological polar surface area (TPSA) is 67.4 Å². The predicted molar refractivity (Wildman–Crippen MR) is 83.1 cm³/mol. The smallest absolute Gasteiger partial charge is 0.416 e. The maximum absolute atomic E-state index is 12.2. The van der Waals surface area contributed by atoms with E-state index in [1.165, 1.54) is 16.2 Å². The van der Waals surface area contributed by atoms with E-state index in [0.717, 1.165) is 5.56 Å². The molecule has 0 bridgehead atoms. The molecule has 0 spiro atoms. The summed E-state index contributed by atoms with van der Waals surface area (Å²) in [5.74, 6) is 0. The van der Waals surface area contributed by atoms with Crippen LogP contribution in [-0.2, 0) is 16.1 Å². The molecule has 8 heteroatoms. The van der Waals surface area contributed by atoms with Gasteiger partial charge in [-0.1, -0.05) is 41.7 Å². The van der Waals surface area contributed by atoms with Crippen LogP contribution in [0.3, 0.4) is 0 Å². The molecule has 1 aromatic heterocycles. The van der Waals surface area contributed by atoms with Gasteiger partial charge >= 0.3 is 6.09 Å². The highest BCUT2D eigenvalue weighted by Crippen LogP contribution is 2.18. The number of anilines is 1. The number of hydrogen-bond donors (Lipinski definition) is 1. The van der Waals surface area contributed by atoms with Gasteiger partial charge in [0.05, 0.1) is 13.2 Å². The van der Waals surface area contributed by atoms with E-state index in [-0.39, 0.29) is 6.61 Å². The van der Waals surface area contributed by atoms with Crippen LogP contribution in [-0.4, -0.2) is 36.6 Å². The Kier molecular flexibility index (Phi) is 5.85. The standard InChI is InChI=1S/C13H15N3O3S2/c1-18-8-7-16(11-14-15-12(20)21-11)13(17)19-9-10-5-3-2-4-6-10/h2-6H,7-9H2,1H3,(H,15,20). The van der Waals surface area contributed by atoms with E-state index >= 15 is 0 Å². The molecule has 112 valence electrons. The van der Waals surface area contributed by atoms with Gasteiger partial charge in [0.15, 0.2) is 3.95 Å². The van der Waals surface area contributed by atoms with Crippen molar-refractivity contribution >= 4 is 34.8 Å². The third-order valence-corrected chi connectivity index (χ3v) is 3.71. The average Bonchev–Trinajstić information content (AvgIpc) is 2.93. The van der Waals surface area contributed by atoms with Gasteiger partial charge in [-0.25, -0.2) is 9.69 Å². The van der Waals surface area contributed by atoms with E-state index in [4.69, 9.17) is 21.7 Å². The minimum Gasteiger partial charge on any atom is -0.444 e. The first-order valence-electron chi connectivity index (χ1n) is 6.23. The molecule has 0 unspecified atom stereocenters. The van der Waals surface area contributed by atoms with Crippen molar-refractivity contribution in [1.82, 2.24) is 10.2 Å². The number of rotatable bonds is 6. The minimum absolute atomic E-state index is 0.207. The highest BCUT2D eigenvalue weighted by molar-refractivity contribution is 7.73. The third-order valence-electron chi connectivity index (χ3n) is 2.60. The second-order valence-electron chi connectivity index (χ2n) is 4.08. The monoisotopic (exact) mass is 325 g/mol. The Bertz CT molecular complexity index is 627. The lowest BCUT2D eigenvalue weighted by molar-refractivity contribution is 0.142. The van der Waals surface area contributed by atoms with Crippen LogP contribution in [0.4, 0.5) is 9.93 Å². The normalized spacial score (nSPS) is 10.3. The van der Waals surface area contributed by atoms with Gasteiger partial charge in [-0.2, -0.15) is 0 Å². The summed E-state index contributed by atoms with van der Waals surface area (Å²) in [5, 5.41) is 7.12. The van der Waals surface area contributed by atoms with Crippen LogP contribution in [0, 0.1) is 3.95 Å². The molecule has 1 amide bonds. The van der Waals surface area contributed by atoms with Crippen molar-refractivity contribution in [2.75, 3.05) is 25.2 Å². The number of H-pyrrole nitrogens is 1. The number of nitrogens with zero attached hydrogens (tertiary/aromatic N) is 2. The number of aromatic nitrogens is 2. The summed E-state index contributed by atoms with van der Waals surface area (Å²) in [6, 6.07) is 9.49. The number of aromatic amines is 1. The van der Waals surface area contributed by atoms with Crippen molar-refractivity contribution in [1.29, 1.82) is 0 Å². The first-order valence-corrected chi connectivity index (χ1v) is 7.46. The van der Waals surface area contributed by atoms with Crippen LogP contribution < -0.4 is 4.90 Å². The molecule has 21 heavy (non-hydrogen) atoms. The molecule has 6 nitrogen and oxygen atoms in total. The van der Waals surface area contributed by atoms with Crippen LogP contribution >= 0.6 is 23.6 Å². The van der Waals surface area contributed by atoms with Gasteiger partial charge < -0.3 is 9.47 Å². The number of methoxy groups -OCH3 is 1. The Hall–Kier alpha value is -1.77. The van der Waals surface area contributed by atoms with E-state index in [1.807, 2.05) is 30.3 Å². The highest BCUT2D eigenvalue weighted by Gasteiger charge is 2.20. The van der Waals surface area contributed by atoms with Crippen molar-refractivity contribution in [2.24, 2.45) is 0 Å². The van der Waals surface area contributed by atoms with Crippen LogP contribution in [0.25, 0.3) is 0 Å². The number of amides is 1. The van der Waals surface area contributed by atoms with Crippen LogP contribution in [0.5, 0.6) is 0 Å². The molecule has 0 radical (unpaired) electrons. The van der Waals surface area contributed by atoms with Crippen molar-refractivity contribution < 1.29 is 14.3 Å². The Labute approximate surface area is 131 Å². The Morgan fingerprint density at radius 3 is 2.81 bits per heavy atom. The summed E-state index contributed by atoms with van der Waals surface area (Å²) < 4.78 is 10.8. The quantitative estimate of drug-likeness (QED) is 0.827. The molecular weight excluding hydrogens is 310 g/mol. The largest absolute Gasteiger partial charge is 0.444 e. The van der Waals surface area contributed by atoms with Gasteiger partial charge in [0.25, 0.3) is 0 Å². The number of benzene rings is 1. The molecule has 0 aliphatic rings. The first-order chi connectivity index (χ1) is 10.2. The molecule has 0 saturated carbocycles. The van der Waals surface area contributed by atoms with E-state index in [0.29, 0.717) is 22.2 Å². The Morgan fingerprint density at radius 1 is 1.43 bits per heavy atom. The van der Waals surface area contributed by atoms with Gasteiger partial charge in [-0.3, -0.25) is 5.10 Å². The van der Waals surface area contributed by atoms with Crippen LogP contribution in [0.2, 0.25) is 0 Å². The highest BCUT2D eigenvalue weighted by atomic mass is 32.1. The van der Waals surface area contributed by atoms with Gasteiger partial charge in [0.1, 0.15) is 6.61 Å². The molecule has 0 saturated heterocycles. The fourth-order valence-corrected chi connectivity index (χ4v) is 2.48. The van der Waals surface area contributed by atoms with Gasteiger partial charge in [0.2, 0.25) is 5.13 Å². The fourth-order valence-electron chi connectivity index (χ4n) is 1.58. The van der Waals surface area contributed by atoms with E-state index < -0.39 is 6.09 Å². The summed E-state index contributed by atoms with van der Waals surface area (Å²) >= 11 is 6.20. The number of ether oxygens (including phenoxy) is 2. The molecule has 0 aliphatic carbocycles.